The molecule has 0 N–H and O–H groups in total. The standard InChI is InChI=1S/C15H19FO2S/c16-13-9-11-15(12-10-13)19(17,18)14-7-5-3-1-2-4-6-8-14/h5,7,9-12,14H,1-4,6,8H2/b7-5-. The molecule has 0 bridgehead atoms. The lowest BCUT2D eigenvalue weighted by Crippen LogP contribution is -2.19. The number of rotatable bonds is 2. The summed E-state index contributed by atoms with van der Waals surface area (Å²) in [6, 6.07) is 5.10. The Morgan fingerprint density at radius 3 is 2.42 bits per heavy atom. The van der Waals surface area contributed by atoms with Gasteiger partial charge in [0.2, 0.25) is 0 Å². The number of hydrogen-bond acceptors (Lipinski definition) is 2. The van der Waals surface area contributed by atoms with E-state index in [0.717, 1.165) is 32.1 Å². The fourth-order valence-electron chi connectivity index (χ4n) is 2.36. The lowest BCUT2D eigenvalue weighted by molar-refractivity contribution is 0.573. The van der Waals surface area contributed by atoms with Gasteiger partial charge >= 0.3 is 0 Å². The Kier molecular flexibility index (Phi) is 4.75. The number of hydrogen-bond donors (Lipinski definition) is 0. The highest BCUT2D eigenvalue weighted by Gasteiger charge is 2.25. The van der Waals surface area contributed by atoms with Crippen LogP contribution in [0.3, 0.4) is 0 Å². The first kappa shape index (κ1) is 14.3. The van der Waals surface area contributed by atoms with E-state index in [4.69, 9.17) is 0 Å². The van der Waals surface area contributed by atoms with Crippen molar-refractivity contribution in [3.8, 4) is 0 Å². The van der Waals surface area contributed by atoms with Crippen molar-refractivity contribution in [2.45, 2.75) is 48.7 Å². The summed E-state index contributed by atoms with van der Waals surface area (Å²) < 4.78 is 37.9. The molecule has 0 aromatic heterocycles. The Balaban J connectivity index is 2.25. The van der Waals surface area contributed by atoms with E-state index in [1.807, 2.05) is 12.2 Å². The Bertz CT molecular complexity index is 532. The molecule has 4 heteroatoms. The summed E-state index contributed by atoms with van der Waals surface area (Å²) >= 11 is 0. The third-order valence-corrected chi connectivity index (χ3v) is 5.62. The van der Waals surface area contributed by atoms with E-state index < -0.39 is 20.9 Å². The van der Waals surface area contributed by atoms with Gasteiger partial charge in [-0.15, -0.1) is 0 Å². The molecule has 0 fully saturated rings. The van der Waals surface area contributed by atoms with Gasteiger partial charge in [-0.1, -0.05) is 31.4 Å². The molecule has 0 spiro atoms. The van der Waals surface area contributed by atoms with Crippen LogP contribution in [-0.2, 0) is 9.84 Å². The molecule has 0 radical (unpaired) electrons. The van der Waals surface area contributed by atoms with Gasteiger partial charge in [0, 0.05) is 0 Å². The lowest BCUT2D eigenvalue weighted by Gasteiger charge is -2.13. The average Bonchev–Trinajstić information content (AvgIpc) is 2.52. The minimum Gasteiger partial charge on any atom is -0.223 e. The summed E-state index contributed by atoms with van der Waals surface area (Å²) in [6.45, 7) is 0. The van der Waals surface area contributed by atoms with Crippen molar-refractivity contribution in [2.75, 3.05) is 0 Å². The van der Waals surface area contributed by atoms with Crippen molar-refractivity contribution in [1.82, 2.24) is 0 Å². The Hall–Kier alpha value is -1.16. The minimum absolute atomic E-state index is 0.211. The van der Waals surface area contributed by atoms with Gasteiger partial charge in [0.1, 0.15) is 5.82 Å². The molecule has 0 saturated heterocycles. The first-order valence-corrected chi connectivity index (χ1v) is 8.31. The van der Waals surface area contributed by atoms with Gasteiger partial charge < -0.3 is 0 Å². The summed E-state index contributed by atoms with van der Waals surface area (Å²) in [5.41, 5.74) is 0. The normalized spacial score (nSPS) is 23.1. The molecule has 0 saturated carbocycles. The van der Waals surface area contributed by atoms with Gasteiger partial charge in [0.25, 0.3) is 0 Å². The van der Waals surface area contributed by atoms with Crippen molar-refractivity contribution in [1.29, 1.82) is 0 Å². The van der Waals surface area contributed by atoms with Crippen LogP contribution in [0.5, 0.6) is 0 Å². The fourth-order valence-corrected chi connectivity index (χ4v) is 4.02. The second kappa shape index (κ2) is 6.33. The van der Waals surface area contributed by atoms with Crippen molar-refractivity contribution < 1.29 is 12.8 Å². The number of allylic oxidation sites excluding steroid dienone is 1. The zero-order valence-corrected chi connectivity index (χ0v) is 11.7. The molecular weight excluding hydrogens is 263 g/mol. The summed E-state index contributed by atoms with van der Waals surface area (Å²) in [7, 11) is -3.39. The highest BCUT2D eigenvalue weighted by Crippen LogP contribution is 2.23. The molecule has 0 amide bonds. The first-order chi connectivity index (χ1) is 9.10. The van der Waals surface area contributed by atoms with Crippen LogP contribution in [0.4, 0.5) is 4.39 Å². The molecule has 2 rings (SSSR count). The molecule has 104 valence electrons. The lowest BCUT2D eigenvalue weighted by atomic mass is 10.1. The zero-order valence-electron chi connectivity index (χ0n) is 10.9. The maximum Gasteiger partial charge on any atom is 0.184 e. The molecule has 2 nitrogen and oxygen atoms in total. The van der Waals surface area contributed by atoms with Gasteiger partial charge in [-0.3, -0.25) is 0 Å². The Morgan fingerprint density at radius 2 is 1.68 bits per heavy atom. The van der Waals surface area contributed by atoms with Crippen LogP contribution in [0.1, 0.15) is 38.5 Å². The molecule has 0 heterocycles. The van der Waals surface area contributed by atoms with E-state index in [2.05, 4.69) is 0 Å². The third kappa shape index (κ3) is 3.66. The maximum absolute atomic E-state index is 12.9. The van der Waals surface area contributed by atoms with Crippen molar-refractivity contribution in [3.63, 3.8) is 0 Å². The molecule has 1 unspecified atom stereocenters. The van der Waals surface area contributed by atoms with Gasteiger partial charge in [-0.2, -0.15) is 0 Å². The topological polar surface area (TPSA) is 34.1 Å². The predicted octanol–water partition coefficient (Wildman–Crippen LogP) is 3.88. The van der Waals surface area contributed by atoms with Crippen LogP contribution >= 0.6 is 0 Å². The Morgan fingerprint density at radius 1 is 1.00 bits per heavy atom. The maximum atomic E-state index is 12.9. The van der Waals surface area contributed by atoms with E-state index in [-0.39, 0.29) is 4.90 Å². The van der Waals surface area contributed by atoms with Gasteiger partial charge in [0.15, 0.2) is 9.84 Å². The van der Waals surface area contributed by atoms with Crippen LogP contribution in [0.15, 0.2) is 41.3 Å². The molecule has 19 heavy (non-hydrogen) atoms. The van der Waals surface area contributed by atoms with Gasteiger partial charge in [-0.05, 0) is 43.5 Å². The smallest absolute Gasteiger partial charge is 0.184 e. The van der Waals surface area contributed by atoms with Crippen LogP contribution < -0.4 is 0 Å². The summed E-state index contributed by atoms with van der Waals surface area (Å²) in [4.78, 5) is 0.211. The highest BCUT2D eigenvalue weighted by molar-refractivity contribution is 7.92. The monoisotopic (exact) mass is 282 g/mol. The first-order valence-electron chi connectivity index (χ1n) is 6.77. The second-order valence-corrected chi connectivity index (χ2v) is 7.12. The van der Waals surface area contributed by atoms with Crippen LogP contribution in [-0.4, -0.2) is 13.7 Å². The van der Waals surface area contributed by atoms with E-state index in [1.165, 1.54) is 24.3 Å². The molecule has 1 atom stereocenters. The summed E-state index contributed by atoms with van der Waals surface area (Å²) in [5.74, 6) is -0.413. The molecule has 1 aromatic carbocycles. The van der Waals surface area contributed by atoms with Gasteiger partial charge in [-0.25, -0.2) is 12.8 Å². The van der Waals surface area contributed by atoms with Crippen LogP contribution in [0, 0.1) is 5.82 Å². The highest BCUT2D eigenvalue weighted by atomic mass is 32.2. The molecule has 1 aliphatic carbocycles. The van der Waals surface area contributed by atoms with E-state index in [1.54, 1.807) is 0 Å². The minimum atomic E-state index is -3.39. The third-order valence-electron chi connectivity index (χ3n) is 3.50. The second-order valence-electron chi connectivity index (χ2n) is 4.96. The van der Waals surface area contributed by atoms with Crippen LogP contribution in [0.2, 0.25) is 0 Å². The summed E-state index contributed by atoms with van der Waals surface area (Å²) in [6.07, 6.45) is 9.66. The van der Waals surface area contributed by atoms with Crippen molar-refractivity contribution in [2.24, 2.45) is 0 Å². The summed E-state index contributed by atoms with van der Waals surface area (Å²) in [5, 5.41) is -0.476. The number of benzene rings is 1. The Labute approximate surface area is 114 Å². The van der Waals surface area contributed by atoms with Gasteiger partial charge in [0.05, 0.1) is 10.1 Å². The quantitative estimate of drug-likeness (QED) is 0.609. The van der Waals surface area contributed by atoms with Crippen LogP contribution in [0.25, 0.3) is 0 Å². The molecular formula is C15H19FO2S. The largest absolute Gasteiger partial charge is 0.223 e. The van der Waals surface area contributed by atoms with E-state index in [0.29, 0.717) is 6.42 Å². The van der Waals surface area contributed by atoms with Crippen molar-refractivity contribution >= 4 is 9.84 Å². The average molecular weight is 282 g/mol. The molecule has 1 aliphatic rings. The van der Waals surface area contributed by atoms with E-state index >= 15 is 0 Å². The zero-order chi connectivity index (χ0) is 13.7. The molecule has 0 aliphatic heterocycles. The molecule has 1 aromatic rings. The fraction of sp³-hybridized carbons (Fsp3) is 0.467. The number of sulfone groups is 1. The SMILES string of the molecule is O=S(=O)(c1ccc(F)cc1)C1/C=C\CCCCCC1. The predicted molar refractivity (Wildman–Crippen MR) is 74.2 cm³/mol. The number of halogens is 1. The van der Waals surface area contributed by atoms with Crippen molar-refractivity contribution in [3.05, 3.63) is 42.2 Å². The van der Waals surface area contributed by atoms with E-state index in [9.17, 15) is 12.8 Å².